The number of likely N-dealkylation sites (tertiary alicyclic amines) is 1. The van der Waals surface area contributed by atoms with Crippen molar-refractivity contribution in [3.63, 3.8) is 0 Å². The van der Waals surface area contributed by atoms with Crippen LogP contribution in [0, 0.1) is 5.92 Å². The van der Waals surface area contributed by atoms with Gasteiger partial charge < -0.3 is 15.5 Å². The van der Waals surface area contributed by atoms with Gasteiger partial charge in [0, 0.05) is 18.3 Å². The highest BCUT2D eigenvalue weighted by molar-refractivity contribution is 5.90. The SMILES string of the molecule is CNC(C)C(=O)NC(C(=O)N1CCCC1c1ccnc(-c2cc(C(F)(F)F)cc(C(F)(F)F)c2)c1)C1CCCCC1. The molecule has 2 N–H and O–H groups in total. The lowest BCUT2D eigenvalue weighted by Gasteiger charge is -2.35. The number of pyridine rings is 1. The van der Waals surface area contributed by atoms with Gasteiger partial charge in [-0.3, -0.25) is 14.6 Å². The molecule has 1 aromatic heterocycles. The Morgan fingerprint density at radius 2 is 1.56 bits per heavy atom. The van der Waals surface area contributed by atoms with Crippen LogP contribution in [0.2, 0.25) is 0 Å². The Hall–Kier alpha value is -3.15. The molecule has 6 nitrogen and oxygen atoms in total. The van der Waals surface area contributed by atoms with E-state index in [9.17, 15) is 35.9 Å². The molecule has 1 saturated heterocycles. The fourth-order valence-electron chi connectivity index (χ4n) is 5.73. The number of alkyl halides is 6. The average Bonchev–Trinajstić information content (AvgIpc) is 3.44. The molecular formula is C29H34F6N4O2. The van der Waals surface area contributed by atoms with E-state index in [0.29, 0.717) is 37.1 Å². The van der Waals surface area contributed by atoms with Crippen LogP contribution in [0.1, 0.15) is 74.6 Å². The van der Waals surface area contributed by atoms with Crippen molar-refractivity contribution in [2.45, 2.75) is 82.3 Å². The van der Waals surface area contributed by atoms with E-state index in [4.69, 9.17) is 0 Å². The Bertz CT molecular complexity index is 1210. The van der Waals surface area contributed by atoms with Crippen LogP contribution in [0.25, 0.3) is 11.3 Å². The van der Waals surface area contributed by atoms with E-state index in [1.54, 1.807) is 24.9 Å². The number of rotatable bonds is 7. The molecule has 0 radical (unpaired) electrons. The number of hydrogen-bond acceptors (Lipinski definition) is 4. The fourth-order valence-corrected chi connectivity index (χ4v) is 5.73. The third kappa shape index (κ3) is 7.20. The second-order valence-corrected chi connectivity index (χ2v) is 10.9. The number of amides is 2. The van der Waals surface area contributed by atoms with Gasteiger partial charge in [0.15, 0.2) is 0 Å². The van der Waals surface area contributed by atoms with Crippen LogP contribution < -0.4 is 10.6 Å². The quantitative estimate of drug-likeness (QED) is 0.385. The van der Waals surface area contributed by atoms with Gasteiger partial charge in [0.2, 0.25) is 11.8 Å². The Labute approximate surface area is 234 Å². The minimum absolute atomic E-state index is 0.0237. The first-order valence-corrected chi connectivity index (χ1v) is 13.8. The van der Waals surface area contributed by atoms with Crippen molar-refractivity contribution in [2.24, 2.45) is 5.92 Å². The van der Waals surface area contributed by atoms with Crippen molar-refractivity contribution in [1.82, 2.24) is 20.5 Å². The van der Waals surface area contributed by atoms with Crippen LogP contribution in [-0.4, -0.2) is 47.4 Å². The maximum Gasteiger partial charge on any atom is 0.416 e. The molecule has 0 bridgehead atoms. The van der Waals surface area contributed by atoms with Crippen molar-refractivity contribution >= 4 is 11.8 Å². The van der Waals surface area contributed by atoms with Gasteiger partial charge in [0.25, 0.3) is 0 Å². The summed E-state index contributed by atoms with van der Waals surface area (Å²) < 4.78 is 80.7. The number of nitrogens with zero attached hydrogens (tertiary/aromatic N) is 2. The zero-order chi connectivity index (χ0) is 29.9. The summed E-state index contributed by atoms with van der Waals surface area (Å²) in [6.07, 6.45) is -2.82. The van der Waals surface area contributed by atoms with Crippen molar-refractivity contribution in [2.75, 3.05) is 13.6 Å². The van der Waals surface area contributed by atoms with Crippen LogP contribution in [0.15, 0.2) is 36.5 Å². The van der Waals surface area contributed by atoms with Crippen LogP contribution >= 0.6 is 0 Å². The summed E-state index contributed by atoms with van der Waals surface area (Å²) in [5.41, 5.74) is -2.66. The lowest BCUT2D eigenvalue weighted by Crippen LogP contribution is -2.55. The normalized spacial score (nSPS) is 20.1. The zero-order valence-electron chi connectivity index (χ0n) is 22.9. The summed E-state index contributed by atoms with van der Waals surface area (Å²) in [6.45, 7) is 2.12. The monoisotopic (exact) mass is 584 g/mol. The largest absolute Gasteiger partial charge is 0.416 e. The molecule has 2 heterocycles. The summed E-state index contributed by atoms with van der Waals surface area (Å²) in [6, 6.07) is 2.77. The smallest absolute Gasteiger partial charge is 0.343 e. The van der Waals surface area contributed by atoms with Crippen LogP contribution in [0.3, 0.4) is 0 Å². The number of aromatic nitrogens is 1. The second-order valence-electron chi connectivity index (χ2n) is 10.9. The Balaban J connectivity index is 1.66. The van der Waals surface area contributed by atoms with Gasteiger partial charge in [-0.25, -0.2) is 0 Å². The second kappa shape index (κ2) is 12.4. The van der Waals surface area contributed by atoms with Crippen molar-refractivity contribution in [1.29, 1.82) is 0 Å². The molecule has 2 aromatic rings. The third-order valence-corrected chi connectivity index (χ3v) is 8.10. The molecule has 1 saturated carbocycles. The minimum atomic E-state index is -4.98. The first kappa shape index (κ1) is 30.8. The lowest BCUT2D eigenvalue weighted by atomic mass is 9.83. The number of likely N-dealkylation sites (N-methyl/N-ethyl adjacent to an activating group) is 1. The molecule has 41 heavy (non-hydrogen) atoms. The van der Waals surface area contributed by atoms with E-state index in [0.717, 1.165) is 32.1 Å². The predicted octanol–water partition coefficient (Wildman–Crippen LogP) is 6.12. The molecule has 224 valence electrons. The summed E-state index contributed by atoms with van der Waals surface area (Å²) >= 11 is 0. The highest BCUT2D eigenvalue weighted by atomic mass is 19.4. The topological polar surface area (TPSA) is 74.3 Å². The van der Waals surface area contributed by atoms with Gasteiger partial charge in [0.1, 0.15) is 6.04 Å². The van der Waals surface area contributed by atoms with E-state index in [2.05, 4.69) is 15.6 Å². The molecule has 1 aliphatic carbocycles. The van der Waals surface area contributed by atoms with Crippen LogP contribution in [0.5, 0.6) is 0 Å². The van der Waals surface area contributed by atoms with Gasteiger partial charge in [-0.1, -0.05) is 19.3 Å². The molecule has 3 unspecified atom stereocenters. The molecule has 0 spiro atoms. The van der Waals surface area contributed by atoms with Crippen LogP contribution in [0.4, 0.5) is 26.3 Å². The highest BCUT2D eigenvalue weighted by Crippen LogP contribution is 2.40. The van der Waals surface area contributed by atoms with E-state index in [-0.39, 0.29) is 35.1 Å². The molecule has 2 amide bonds. The van der Waals surface area contributed by atoms with Gasteiger partial charge in [-0.15, -0.1) is 0 Å². The minimum Gasteiger partial charge on any atom is -0.343 e. The van der Waals surface area contributed by atoms with Crippen LogP contribution in [-0.2, 0) is 21.9 Å². The Kier molecular flexibility index (Phi) is 9.30. The molecular weight excluding hydrogens is 550 g/mol. The van der Waals surface area contributed by atoms with Gasteiger partial charge >= 0.3 is 12.4 Å². The Morgan fingerprint density at radius 3 is 2.15 bits per heavy atom. The van der Waals surface area contributed by atoms with E-state index < -0.39 is 41.6 Å². The first-order chi connectivity index (χ1) is 19.3. The number of carbonyl (C=O) groups is 2. The van der Waals surface area contributed by atoms with Crippen molar-refractivity contribution in [3.05, 3.63) is 53.2 Å². The van der Waals surface area contributed by atoms with Gasteiger partial charge in [-0.05, 0) is 81.5 Å². The summed E-state index contributed by atoms with van der Waals surface area (Å²) in [5, 5.41) is 5.83. The third-order valence-electron chi connectivity index (χ3n) is 8.10. The highest BCUT2D eigenvalue weighted by Gasteiger charge is 2.40. The zero-order valence-corrected chi connectivity index (χ0v) is 22.9. The molecule has 2 aliphatic rings. The fraction of sp³-hybridized carbons (Fsp3) is 0.552. The van der Waals surface area contributed by atoms with Crippen molar-refractivity contribution < 1.29 is 35.9 Å². The summed E-state index contributed by atoms with van der Waals surface area (Å²) in [5.74, 6) is -0.541. The van der Waals surface area contributed by atoms with E-state index >= 15 is 0 Å². The molecule has 3 atom stereocenters. The standard InChI is InChI=1S/C29H34F6N4O2/c1-17(36-2)26(40)38-25(18-7-4-3-5-8-18)27(41)39-12-6-9-24(39)19-10-11-37-23(15-19)20-13-21(28(30,31)32)16-22(14-20)29(33,34)35/h10-11,13-18,24-25,36H,3-9,12H2,1-2H3,(H,38,40). The number of nitrogens with one attached hydrogen (secondary N) is 2. The maximum atomic E-state index is 14.0. The van der Waals surface area contributed by atoms with E-state index in [1.165, 1.54) is 12.3 Å². The maximum absolute atomic E-state index is 14.0. The number of halogens is 6. The summed E-state index contributed by atoms with van der Waals surface area (Å²) in [4.78, 5) is 32.5. The van der Waals surface area contributed by atoms with Gasteiger partial charge in [-0.2, -0.15) is 26.3 Å². The molecule has 12 heteroatoms. The van der Waals surface area contributed by atoms with Crippen molar-refractivity contribution in [3.8, 4) is 11.3 Å². The molecule has 1 aromatic carbocycles. The molecule has 1 aliphatic heterocycles. The lowest BCUT2D eigenvalue weighted by molar-refractivity contribution is -0.143. The van der Waals surface area contributed by atoms with Gasteiger partial charge in [0.05, 0.1) is 28.9 Å². The Morgan fingerprint density at radius 1 is 0.927 bits per heavy atom. The number of hydrogen-bond donors (Lipinski definition) is 2. The van der Waals surface area contributed by atoms with E-state index in [1.807, 2.05) is 0 Å². The summed E-state index contributed by atoms with van der Waals surface area (Å²) in [7, 11) is 1.65. The average molecular weight is 585 g/mol. The molecule has 4 rings (SSSR count). The number of carbonyl (C=O) groups excluding carboxylic acids is 2. The predicted molar refractivity (Wildman–Crippen MR) is 140 cm³/mol. The number of benzene rings is 1. The first-order valence-electron chi connectivity index (χ1n) is 13.8. The molecule has 2 fully saturated rings.